The molecule has 0 atom stereocenters. The summed E-state index contributed by atoms with van der Waals surface area (Å²) < 4.78 is 0. The third-order valence-electron chi connectivity index (χ3n) is 2.04. The number of anilines is 3. The molecule has 17 heavy (non-hydrogen) atoms. The number of nitrogen functional groups attached to an aromatic ring is 1. The Labute approximate surface area is 95.7 Å². The highest BCUT2D eigenvalue weighted by Crippen LogP contribution is 2.21. The molecule has 0 aliphatic carbocycles. The van der Waals surface area contributed by atoms with Crippen molar-refractivity contribution in [2.45, 2.75) is 0 Å². The molecule has 7 heteroatoms. The van der Waals surface area contributed by atoms with Crippen LogP contribution >= 0.6 is 0 Å². The molecular formula is C10H9N5O2. The second-order valence-corrected chi connectivity index (χ2v) is 3.23. The Morgan fingerprint density at radius 3 is 2.65 bits per heavy atom. The molecule has 1 aromatic heterocycles. The van der Waals surface area contributed by atoms with Crippen LogP contribution in [0, 0.1) is 4.91 Å². The van der Waals surface area contributed by atoms with Gasteiger partial charge in [-0.1, -0.05) is 18.2 Å². The van der Waals surface area contributed by atoms with Crippen molar-refractivity contribution in [1.29, 1.82) is 0 Å². The first-order valence-electron chi connectivity index (χ1n) is 4.76. The summed E-state index contributed by atoms with van der Waals surface area (Å²) in [7, 11) is 0. The molecular weight excluding hydrogens is 222 g/mol. The minimum absolute atomic E-state index is 0.0347. The molecule has 0 spiro atoms. The van der Waals surface area contributed by atoms with E-state index in [1.165, 1.54) is 0 Å². The van der Waals surface area contributed by atoms with Crippen LogP contribution in [0.1, 0.15) is 0 Å². The number of nitroso groups, excluding NO2 is 1. The molecule has 1 aromatic carbocycles. The van der Waals surface area contributed by atoms with Gasteiger partial charge in [0.2, 0.25) is 11.6 Å². The van der Waals surface area contributed by atoms with E-state index in [0.717, 1.165) is 0 Å². The van der Waals surface area contributed by atoms with Gasteiger partial charge in [0.05, 0.1) is 0 Å². The van der Waals surface area contributed by atoms with Gasteiger partial charge in [-0.05, 0) is 17.3 Å². The van der Waals surface area contributed by atoms with Crippen LogP contribution in [0.15, 0.2) is 40.3 Å². The Morgan fingerprint density at radius 1 is 1.29 bits per heavy atom. The SMILES string of the molecule is Nc1nc(Nc2ccccc2)c(N=O)c(=O)[nH]1. The van der Waals surface area contributed by atoms with Gasteiger partial charge in [0.25, 0.3) is 5.56 Å². The topological polar surface area (TPSA) is 113 Å². The van der Waals surface area contributed by atoms with Crippen LogP contribution in [-0.4, -0.2) is 9.97 Å². The number of H-pyrrole nitrogens is 1. The Kier molecular flexibility index (Phi) is 2.82. The van der Waals surface area contributed by atoms with E-state index in [0.29, 0.717) is 5.69 Å². The third kappa shape index (κ3) is 2.28. The second-order valence-electron chi connectivity index (χ2n) is 3.23. The van der Waals surface area contributed by atoms with Crippen LogP contribution in [-0.2, 0) is 0 Å². The van der Waals surface area contributed by atoms with Gasteiger partial charge in [0, 0.05) is 5.69 Å². The summed E-state index contributed by atoms with van der Waals surface area (Å²) in [5, 5.41) is 5.43. The molecule has 1 heterocycles. The first-order chi connectivity index (χ1) is 8.20. The van der Waals surface area contributed by atoms with Gasteiger partial charge in [-0.15, -0.1) is 4.91 Å². The van der Waals surface area contributed by atoms with E-state index in [2.05, 4.69) is 20.5 Å². The van der Waals surface area contributed by atoms with Crippen molar-refractivity contribution in [3.8, 4) is 0 Å². The minimum Gasteiger partial charge on any atom is -0.369 e. The van der Waals surface area contributed by atoms with E-state index in [9.17, 15) is 9.70 Å². The highest BCUT2D eigenvalue weighted by Gasteiger charge is 2.11. The summed E-state index contributed by atoms with van der Waals surface area (Å²) >= 11 is 0. The van der Waals surface area contributed by atoms with Gasteiger partial charge in [0.15, 0.2) is 5.82 Å². The Bertz CT molecular complexity index is 593. The fourth-order valence-corrected chi connectivity index (χ4v) is 1.31. The number of aromatic nitrogens is 2. The summed E-state index contributed by atoms with van der Waals surface area (Å²) in [5.74, 6) is -0.0479. The minimum atomic E-state index is -0.675. The van der Waals surface area contributed by atoms with E-state index in [4.69, 9.17) is 5.73 Å². The van der Waals surface area contributed by atoms with Crippen LogP contribution in [0.3, 0.4) is 0 Å². The van der Waals surface area contributed by atoms with Crippen LogP contribution in [0.25, 0.3) is 0 Å². The maximum atomic E-state index is 11.4. The number of aromatic amines is 1. The van der Waals surface area contributed by atoms with E-state index < -0.39 is 5.56 Å². The summed E-state index contributed by atoms with van der Waals surface area (Å²) in [5.41, 5.74) is 5.06. The number of hydrogen-bond acceptors (Lipinski definition) is 6. The lowest BCUT2D eigenvalue weighted by Gasteiger charge is -2.06. The highest BCUT2D eigenvalue weighted by atomic mass is 16.3. The van der Waals surface area contributed by atoms with Gasteiger partial charge >= 0.3 is 0 Å². The maximum Gasteiger partial charge on any atom is 0.284 e. The first-order valence-corrected chi connectivity index (χ1v) is 4.76. The highest BCUT2D eigenvalue weighted by molar-refractivity contribution is 5.68. The number of hydrogen-bond donors (Lipinski definition) is 3. The first kappa shape index (κ1) is 10.8. The van der Waals surface area contributed by atoms with Crippen molar-refractivity contribution >= 4 is 23.1 Å². The van der Waals surface area contributed by atoms with E-state index in [1.54, 1.807) is 24.3 Å². The van der Waals surface area contributed by atoms with Crippen molar-refractivity contribution in [2.75, 3.05) is 11.1 Å². The zero-order valence-corrected chi connectivity index (χ0v) is 8.68. The molecule has 2 aromatic rings. The normalized spacial score (nSPS) is 9.88. The average molecular weight is 231 g/mol. The lowest BCUT2D eigenvalue weighted by molar-refractivity contribution is 1.12. The molecule has 0 radical (unpaired) electrons. The summed E-state index contributed by atoms with van der Waals surface area (Å²) in [6.07, 6.45) is 0. The summed E-state index contributed by atoms with van der Waals surface area (Å²) in [6, 6.07) is 8.95. The Balaban J connectivity index is 2.45. The van der Waals surface area contributed by atoms with Crippen LogP contribution in [0.4, 0.5) is 23.1 Å². The van der Waals surface area contributed by atoms with E-state index in [1.807, 2.05) is 6.07 Å². The molecule has 0 fully saturated rings. The quantitative estimate of drug-likeness (QED) is 0.692. The molecule has 0 bridgehead atoms. The average Bonchev–Trinajstić information content (AvgIpc) is 2.30. The van der Waals surface area contributed by atoms with Crippen LogP contribution in [0.5, 0.6) is 0 Å². The van der Waals surface area contributed by atoms with Gasteiger partial charge in [-0.25, -0.2) is 0 Å². The summed E-state index contributed by atoms with van der Waals surface area (Å²) in [6.45, 7) is 0. The fraction of sp³-hybridized carbons (Fsp3) is 0. The number of nitrogens with one attached hydrogen (secondary N) is 2. The zero-order chi connectivity index (χ0) is 12.3. The summed E-state index contributed by atoms with van der Waals surface area (Å²) in [4.78, 5) is 27.9. The van der Waals surface area contributed by atoms with E-state index >= 15 is 0 Å². The van der Waals surface area contributed by atoms with Gasteiger partial charge < -0.3 is 11.1 Å². The molecule has 7 nitrogen and oxygen atoms in total. The van der Waals surface area contributed by atoms with Gasteiger partial charge in [0.1, 0.15) is 0 Å². The van der Waals surface area contributed by atoms with Crippen molar-refractivity contribution < 1.29 is 0 Å². The molecule has 0 amide bonds. The lowest BCUT2D eigenvalue weighted by atomic mass is 10.3. The molecule has 0 saturated heterocycles. The molecule has 0 aliphatic rings. The second kappa shape index (κ2) is 4.44. The van der Waals surface area contributed by atoms with Crippen molar-refractivity contribution in [2.24, 2.45) is 5.18 Å². The van der Waals surface area contributed by atoms with Gasteiger partial charge in [-0.2, -0.15) is 4.98 Å². The third-order valence-corrected chi connectivity index (χ3v) is 2.04. The van der Waals surface area contributed by atoms with Crippen molar-refractivity contribution in [3.63, 3.8) is 0 Å². The van der Waals surface area contributed by atoms with Crippen molar-refractivity contribution in [1.82, 2.24) is 9.97 Å². The fourth-order valence-electron chi connectivity index (χ4n) is 1.31. The molecule has 86 valence electrons. The van der Waals surface area contributed by atoms with E-state index in [-0.39, 0.29) is 17.5 Å². The number of nitrogens with zero attached hydrogens (tertiary/aromatic N) is 2. The molecule has 0 saturated carbocycles. The van der Waals surface area contributed by atoms with Gasteiger partial charge in [-0.3, -0.25) is 9.78 Å². The zero-order valence-electron chi connectivity index (χ0n) is 8.68. The Hall–Kier alpha value is -2.70. The predicted octanol–water partition coefficient (Wildman–Crippen LogP) is 1.49. The molecule has 0 aliphatic heterocycles. The smallest absolute Gasteiger partial charge is 0.284 e. The standard InChI is InChI=1S/C10H9N5O2/c11-10-13-8(7(15-17)9(16)14-10)12-6-4-2-1-3-5-6/h1-5H,(H4,11,12,13,14,16). The largest absolute Gasteiger partial charge is 0.369 e. The monoisotopic (exact) mass is 231 g/mol. The number of nitrogens with two attached hydrogens (primary N) is 1. The molecule has 0 unspecified atom stereocenters. The number of benzene rings is 1. The van der Waals surface area contributed by atoms with Crippen molar-refractivity contribution in [3.05, 3.63) is 45.6 Å². The Morgan fingerprint density at radius 2 is 2.00 bits per heavy atom. The molecule has 4 N–H and O–H groups in total. The lowest BCUT2D eigenvalue weighted by Crippen LogP contribution is -2.12. The predicted molar refractivity (Wildman–Crippen MR) is 64.4 cm³/mol. The molecule has 2 rings (SSSR count). The number of para-hydroxylation sites is 1. The maximum absolute atomic E-state index is 11.4. The number of rotatable bonds is 3. The van der Waals surface area contributed by atoms with Crippen LogP contribution < -0.4 is 16.6 Å². The van der Waals surface area contributed by atoms with Crippen LogP contribution in [0.2, 0.25) is 0 Å².